The van der Waals surface area contributed by atoms with Crippen LogP contribution >= 0.6 is 8.25 Å². The monoisotopic (exact) mass is 229 g/mol. The van der Waals surface area contributed by atoms with Gasteiger partial charge in [-0.2, -0.15) is 0 Å². The van der Waals surface area contributed by atoms with Gasteiger partial charge in [-0.25, -0.2) is 4.79 Å². The fourth-order valence-electron chi connectivity index (χ4n) is 0.985. The van der Waals surface area contributed by atoms with E-state index >= 15 is 0 Å². The average Bonchev–Trinajstić information content (AvgIpc) is 2.26. The standard InChI is InChI=1S/C9H9O5P/c1-13-9(10)8-4-2-7(3-5-8)6-14-15(11)12/h2-5H,6H2,1H3/p+1. The van der Waals surface area contributed by atoms with E-state index in [-0.39, 0.29) is 6.61 Å². The quantitative estimate of drug-likeness (QED) is 0.627. The molecule has 0 aliphatic heterocycles. The lowest BCUT2D eigenvalue weighted by molar-refractivity contribution is 0.0600. The van der Waals surface area contributed by atoms with Crippen molar-refractivity contribution in [2.75, 3.05) is 7.11 Å². The van der Waals surface area contributed by atoms with E-state index in [9.17, 15) is 9.36 Å². The summed E-state index contributed by atoms with van der Waals surface area (Å²) in [6, 6.07) is 6.39. The van der Waals surface area contributed by atoms with Gasteiger partial charge in [-0.15, -0.1) is 9.42 Å². The SMILES string of the molecule is COC(=O)c1ccc(CO[P+](=O)O)cc1. The lowest BCUT2D eigenvalue weighted by atomic mass is 10.1. The molecule has 0 bridgehead atoms. The molecule has 0 heterocycles. The topological polar surface area (TPSA) is 72.8 Å². The highest BCUT2D eigenvalue weighted by Crippen LogP contribution is 2.18. The van der Waals surface area contributed by atoms with Crippen LogP contribution in [0.25, 0.3) is 0 Å². The molecule has 0 aliphatic rings. The third-order valence-corrected chi connectivity index (χ3v) is 2.07. The molecule has 15 heavy (non-hydrogen) atoms. The van der Waals surface area contributed by atoms with Gasteiger partial charge in [-0.3, -0.25) is 0 Å². The zero-order valence-electron chi connectivity index (χ0n) is 8.04. The number of ether oxygens (including phenoxy) is 1. The molecular weight excluding hydrogens is 219 g/mol. The second-order valence-corrected chi connectivity index (χ2v) is 3.43. The first-order valence-corrected chi connectivity index (χ1v) is 5.23. The van der Waals surface area contributed by atoms with Gasteiger partial charge in [0.2, 0.25) is 0 Å². The van der Waals surface area contributed by atoms with Crippen LogP contribution in [0, 0.1) is 0 Å². The molecule has 0 aliphatic carbocycles. The Morgan fingerprint density at radius 1 is 1.40 bits per heavy atom. The molecule has 0 saturated heterocycles. The number of benzene rings is 1. The molecule has 1 unspecified atom stereocenters. The lowest BCUT2D eigenvalue weighted by Crippen LogP contribution is -2.00. The number of rotatable bonds is 4. The van der Waals surface area contributed by atoms with Crippen LogP contribution in [0.2, 0.25) is 0 Å². The Morgan fingerprint density at radius 3 is 2.47 bits per heavy atom. The van der Waals surface area contributed by atoms with E-state index in [4.69, 9.17) is 4.89 Å². The van der Waals surface area contributed by atoms with Crippen molar-refractivity contribution in [1.29, 1.82) is 0 Å². The van der Waals surface area contributed by atoms with Gasteiger partial charge in [0.25, 0.3) is 0 Å². The summed E-state index contributed by atoms with van der Waals surface area (Å²) in [5.74, 6) is -0.421. The fourth-order valence-corrected chi connectivity index (χ4v) is 1.24. The highest BCUT2D eigenvalue weighted by atomic mass is 31.1. The average molecular weight is 229 g/mol. The largest absolute Gasteiger partial charge is 0.695 e. The van der Waals surface area contributed by atoms with Crippen molar-refractivity contribution in [3.05, 3.63) is 35.4 Å². The van der Waals surface area contributed by atoms with Crippen molar-refractivity contribution in [3.8, 4) is 0 Å². The molecule has 0 spiro atoms. The van der Waals surface area contributed by atoms with E-state index in [1.807, 2.05) is 0 Å². The van der Waals surface area contributed by atoms with Crippen molar-refractivity contribution >= 4 is 14.2 Å². The van der Waals surface area contributed by atoms with Gasteiger partial charge in [-0.1, -0.05) is 12.1 Å². The summed E-state index contributed by atoms with van der Waals surface area (Å²) in [6.45, 7) is 0.0349. The van der Waals surface area contributed by atoms with Gasteiger partial charge < -0.3 is 4.74 Å². The van der Waals surface area contributed by atoms with E-state index < -0.39 is 14.2 Å². The molecule has 0 amide bonds. The molecule has 0 saturated carbocycles. The van der Waals surface area contributed by atoms with Crippen molar-refractivity contribution in [2.45, 2.75) is 6.61 Å². The van der Waals surface area contributed by atoms with Crippen molar-refractivity contribution in [1.82, 2.24) is 0 Å². The van der Waals surface area contributed by atoms with Crippen LogP contribution in [0.3, 0.4) is 0 Å². The molecular formula is C9H10O5P+. The summed E-state index contributed by atoms with van der Waals surface area (Å²) in [7, 11) is -1.29. The van der Waals surface area contributed by atoms with Gasteiger partial charge in [0.15, 0.2) is 0 Å². The minimum absolute atomic E-state index is 0.0349. The van der Waals surface area contributed by atoms with Gasteiger partial charge in [0, 0.05) is 4.57 Å². The van der Waals surface area contributed by atoms with Crippen LogP contribution in [-0.2, 0) is 20.4 Å². The zero-order valence-corrected chi connectivity index (χ0v) is 8.94. The van der Waals surface area contributed by atoms with Gasteiger partial charge in [0.05, 0.1) is 12.7 Å². The van der Waals surface area contributed by atoms with Gasteiger partial charge in [-0.05, 0) is 17.7 Å². The molecule has 0 aromatic heterocycles. The van der Waals surface area contributed by atoms with Gasteiger partial charge in [0.1, 0.15) is 6.61 Å². The third-order valence-electron chi connectivity index (χ3n) is 1.72. The molecule has 1 aromatic rings. The molecule has 1 N–H and O–H groups in total. The maximum absolute atomic E-state index is 11.1. The first-order chi connectivity index (χ1) is 7.13. The molecule has 1 atom stereocenters. The first kappa shape index (κ1) is 11.8. The van der Waals surface area contributed by atoms with E-state index in [0.29, 0.717) is 11.1 Å². The minimum atomic E-state index is -2.59. The number of carbonyl (C=O) groups is 1. The summed E-state index contributed by atoms with van der Waals surface area (Å²) < 4.78 is 19.3. The number of hydrogen-bond acceptors (Lipinski definition) is 4. The van der Waals surface area contributed by atoms with E-state index in [1.165, 1.54) is 7.11 Å². The number of carbonyl (C=O) groups excluding carboxylic acids is 1. The summed E-state index contributed by atoms with van der Waals surface area (Å²) in [5.41, 5.74) is 1.13. The normalized spacial score (nSPS) is 10.9. The van der Waals surface area contributed by atoms with Crippen LogP contribution in [-0.4, -0.2) is 18.0 Å². The Hall–Kier alpha value is -1.29. The maximum atomic E-state index is 11.1. The summed E-state index contributed by atoms with van der Waals surface area (Å²) in [4.78, 5) is 19.5. The van der Waals surface area contributed by atoms with Crippen LogP contribution in [0.1, 0.15) is 15.9 Å². The Labute approximate surface area is 87.6 Å². The van der Waals surface area contributed by atoms with E-state index in [0.717, 1.165) is 0 Å². The number of hydrogen-bond donors (Lipinski definition) is 1. The predicted molar refractivity (Wildman–Crippen MR) is 52.4 cm³/mol. The number of esters is 1. The summed E-state index contributed by atoms with van der Waals surface area (Å²) >= 11 is 0. The maximum Gasteiger partial charge on any atom is 0.695 e. The molecule has 5 nitrogen and oxygen atoms in total. The van der Waals surface area contributed by atoms with E-state index in [1.54, 1.807) is 24.3 Å². The fraction of sp³-hybridized carbons (Fsp3) is 0.222. The first-order valence-electron chi connectivity index (χ1n) is 4.10. The third kappa shape index (κ3) is 3.75. The highest BCUT2D eigenvalue weighted by molar-refractivity contribution is 7.32. The second kappa shape index (κ2) is 5.56. The van der Waals surface area contributed by atoms with Gasteiger partial charge >= 0.3 is 14.2 Å². The predicted octanol–water partition coefficient (Wildman–Crippen LogP) is 1.64. The van der Waals surface area contributed by atoms with Crippen LogP contribution in [0.5, 0.6) is 0 Å². The molecule has 1 rings (SSSR count). The number of methoxy groups -OCH3 is 1. The Kier molecular flexibility index (Phi) is 4.37. The minimum Gasteiger partial charge on any atom is -0.465 e. The van der Waals surface area contributed by atoms with Crippen LogP contribution in [0.15, 0.2) is 24.3 Å². The summed E-state index contributed by atoms with van der Waals surface area (Å²) in [6.07, 6.45) is 0. The van der Waals surface area contributed by atoms with Crippen molar-refractivity contribution in [2.24, 2.45) is 0 Å². The zero-order chi connectivity index (χ0) is 11.3. The lowest BCUT2D eigenvalue weighted by Gasteiger charge is -1.99. The molecule has 0 fully saturated rings. The summed E-state index contributed by atoms with van der Waals surface area (Å²) in [5, 5.41) is 0. The van der Waals surface area contributed by atoms with Crippen LogP contribution in [0.4, 0.5) is 0 Å². The molecule has 6 heteroatoms. The van der Waals surface area contributed by atoms with Crippen LogP contribution < -0.4 is 0 Å². The molecule has 0 radical (unpaired) electrons. The Morgan fingerprint density at radius 2 is 2.00 bits per heavy atom. The smallest absolute Gasteiger partial charge is 0.465 e. The van der Waals surface area contributed by atoms with E-state index in [2.05, 4.69) is 9.26 Å². The highest BCUT2D eigenvalue weighted by Gasteiger charge is 2.12. The Bertz CT molecular complexity index is 359. The molecule has 1 aromatic carbocycles. The Balaban J connectivity index is 2.64. The second-order valence-electron chi connectivity index (χ2n) is 2.70. The molecule has 80 valence electrons. The van der Waals surface area contributed by atoms with Crippen molar-refractivity contribution in [3.63, 3.8) is 0 Å². The van der Waals surface area contributed by atoms with Crippen molar-refractivity contribution < 1.29 is 23.5 Å².